The fourth-order valence-electron chi connectivity index (χ4n) is 2.48. The molecule has 2 aromatic carbocycles. The third-order valence-electron chi connectivity index (χ3n) is 3.58. The summed E-state index contributed by atoms with van der Waals surface area (Å²) in [5, 5.41) is 9.86. The van der Waals surface area contributed by atoms with Gasteiger partial charge in [-0.05, 0) is 36.2 Å². The van der Waals surface area contributed by atoms with Gasteiger partial charge in [-0.1, -0.05) is 18.2 Å². The van der Waals surface area contributed by atoms with Gasteiger partial charge in [0.05, 0.1) is 13.7 Å². The molecule has 0 bridgehead atoms. The van der Waals surface area contributed by atoms with Gasteiger partial charge in [0, 0.05) is 15.7 Å². The number of methoxy groups -OCH3 is 1. The zero-order chi connectivity index (χ0) is 14.7. The van der Waals surface area contributed by atoms with Gasteiger partial charge in [-0.25, -0.2) is 0 Å². The summed E-state index contributed by atoms with van der Waals surface area (Å²) in [5.41, 5.74) is 2.16. The highest BCUT2D eigenvalue weighted by Gasteiger charge is 2.22. The van der Waals surface area contributed by atoms with Crippen LogP contribution in [0.5, 0.6) is 11.5 Å². The number of rotatable bonds is 5. The van der Waals surface area contributed by atoms with Crippen LogP contribution >= 0.6 is 11.8 Å². The van der Waals surface area contributed by atoms with Crippen LogP contribution in [0.2, 0.25) is 0 Å². The Morgan fingerprint density at radius 1 is 1.24 bits per heavy atom. The van der Waals surface area contributed by atoms with E-state index in [1.807, 2.05) is 30.0 Å². The van der Waals surface area contributed by atoms with E-state index in [2.05, 4.69) is 24.3 Å². The normalized spacial score (nSPS) is 16.6. The molecule has 4 heteroatoms. The molecule has 1 aliphatic rings. The lowest BCUT2D eigenvalue weighted by Gasteiger charge is -2.14. The SMILES string of the molecule is COc1ccc(OCC2Cc3ccccc3S2)c(CO)c1. The smallest absolute Gasteiger partial charge is 0.125 e. The Hall–Kier alpha value is -1.65. The van der Waals surface area contributed by atoms with Gasteiger partial charge in [0.1, 0.15) is 18.1 Å². The molecule has 1 heterocycles. The number of aliphatic hydroxyl groups is 1. The number of hydrogen-bond donors (Lipinski definition) is 1. The molecule has 0 saturated heterocycles. The molecule has 110 valence electrons. The van der Waals surface area contributed by atoms with Crippen molar-refractivity contribution in [3.63, 3.8) is 0 Å². The first-order chi connectivity index (χ1) is 10.3. The van der Waals surface area contributed by atoms with E-state index in [9.17, 15) is 5.11 Å². The molecular weight excluding hydrogens is 284 g/mol. The molecule has 21 heavy (non-hydrogen) atoms. The Kier molecular flexibility index (Phi) is 4.36. The van der Waals surface area contributed by atoms with Crippen molar-refractivity contribution in [1.82, 2.24) is 0 Å². The Balaban J connectivity index is 1.64. The molecule has 1 unspecified atom stereocenters. The highest BCUT2D eigenvalue weighted by molar-refractivity contribution is 8.00. The molecule has 3 rings (SSSR count). The van der Waals surface area contributed by atoms with E-state index in [0.717, 1.165) is 23.5 Å². The predicted octanol–water partition coefficient (Wildman–Crippen LogP) is 3.28. The van der Waals surface area contributed by atoms with Crippen LogP contribution in [-0.4, -0.2) is 24.1 Å². The Labute approximate surface area is 128 Å². The number of aliphatic hydroxyl groups excluding tert-OH is 1. The molecule has 0 saturated carbocycles. The topological polar surface area (TPSA) is 38.7 Å². The summed E-state index contributed by atoms with van der Waals surface area (Å²) < 4.78 is 11.1. The zero-order valence-corrected chi connectivity index (χ0v) is 12.7. The van der Waals surface area contributed by atoms with Crippen molar-refractivity contribution >= 4 is 11.8 Å². The number of fused-ring (bicyclic) bond motifs is 1. The second-order valence-electron chi connectivity index (χ2n) is 4.99. The molecule has 1 N–H and O–H groups in total. The Bertz CT molecular complexity index is 602. The third-order valence-corrected chi connectivity index (χ3v) is 4.86. The summed E-state index contributed by atoms with van der Waals surface area (Å²) in [6.45, 7) is 0.587. The van der Waals surface area contributed by atoms with Crippen molar-refractivity contribution in [3.05, 3.63) is 53.6 Å². The Morgan fingerprint density at radius 2 is 2.10 bits per heavy atom. The molecule has 0 fully saturated rings. The molecule has 1 aliphatic heterocycles. The van der Waals surface area contributed by atoms with Crippen LogP contribution in [0.4, 0.5) is 0 Å². The van der Waals surface area contributed by atoms with E-state index in [1.54, 1.807) is 7.11 Å². The molecular formula is C17H18O3S. The first kappa shape index (κ1) is 14.3. The van der Waals surface area contributed by atoms with Crippen LogP contribution in [0, 0.1) is 0 Å². The van der Waals surface area contributed by atoms with Crippen molar-refractivity contribution in [2.45, 2.75) is 23.2 Å². The lowest BCUT2D eigenvalue weighted by Crippen LogP contribution is -2.14. The lowest BCUT2D eigenvalue weighted by molar-refractivity contribution is 0.262. The molecule has 2 aromatic rings. The van der Waals surface area contributed by atoms with Crippen molar-refractivity contribution < 1.29 is 14.6 Å². The van der Waals surface area contributed by atoms with Crippen LogP contribution in [0.15, 0.2) is 47.4 Å². The second kappa shape index (κ2) is 6.41. The summed E-state index contributed by atoms with van der Waals surface area (Å²) in [4.78, 5) is 1.35. The first-order valence-electron chi connectivity index (χ1n) is 6.95. The van der Waals surface area contributed by atoms with Gasteiger partial charge in [0.15, 0.2) is 0 Å². The molecule has 0 aliphatic carbocycles. The van der Waals surface area contributed by atoms with E-state index in [0.29, 0.717) is 11.9 Å². The highest BCUT2D eigenvalue weighted by Crippen LogP contribution is 2.37. The van der Waals surface area contributed by atoms with Crippen LogP contribution in [0.1, 0.15) is 11.1 Å². The average molecular weight is 302 g/mol. The van der Waals surface area contributed by atoms with E-state index in [1.165, 1.54) is 10.5 Å². The van der Waals surface area contributed by atoms with Gasteiger partial charge in [-0.3, -0.25) is 0 Å². The maximum Gasteiger partial charge on any atom is 0.125 e. The van der Waals surface area contributed by atoms with Gasteiger partial charge in [0.25, 0.3) is 0 Å². The third kappa shape index (κ3) is 3.17. The minimum absolute atomic E-state index is 0.0510. The largest absolute Gasteiger partial charge is 0.497 e. The van der Waals surface area contributed by atoms with Crippen LogP contribution in [0.3, 0.4) is 0 Å². The summed E-state index contributed by atoms with van der Waals surface area (Å²) in [5.74, 6) is 1.46. The van der Waals surface area contributed by atoms with E-state index in [4.69, 9.17) is 9.47 Å². The fourth-order valence-corrected chi connectivity index (χ4v) is 3.69. The number of thioether (sulfide) groups is 1. The number of ether oxygens (including phenoxy) is 2. The lowest BCUT2D eigenvalue weighted by atomic mass is 10.1. The van der Waals surface area contributed by atoms with E-state index in [-0.39, 0.29) is 6.61 Å². The summed E-state index contributed by atoms with van der Waals surface area (Å²) in [7, 11) is 1.61. The van der Waals surface area contributed by atoms with E-state index < -0.39 is 0 Å². The van der Waals surface area contributed by atoms with Crippen LogP contribution in [-0.2, 0) is 13.0 Å². The van der Waals surface area contributed by atoms with Gasteiger partial charge < -0.3 is 14.6 Å². The van der Waals surface area contributed by atoms with Crippen molar-refractivity contribution in [3.8, 4) is 11.5 Å². The standard InChI is InChI=1S/C17H18O3S/c1-19-14-6-7-16(13(8-14)10-18)20-11-15-9-12-4-2-3-5-17(12)21-15/h2-8,15,18H,9-11H2,1H3. The number of hydrogen-bond acceptors (Lipinski definition) is 4. The summed E-state index contributed by atoms with van der Waals surface area (Å²) in [6, 6.07) is 14.0. The first-order valence-corrected chi connectivity index (χ1v) is 7.83. The Morgan fingerprint density at radius 3 is 2.86 bits per heavy atom. The minimum atomic E-state index is -0.0510. The molecule has 0 radical (unpaired) electrons. The number of benzene rings is 2. The highest BCUT2D eigenvalue weighted by atomic mass is 32.2. The summed E-state index contributed by atoms with van der Waals surface area (Å²) >= 11 is 1.86. The van der Waals surface area contributed by atoms with Crippen molar-refractivity contribution in [1.29, 1.82) is 0 Å². The summed E-state index contributed by atoms with van der Waals surface area (Å²) in [6.07, 6.45) is 1.03. The molecule has 0 aromatic heterocycles. The fraction of sp³-hybridized carbons (Fsp3) is 0.294. The van der Waals surface area contributed by atoms with Crippen LogP contribution in [0.25, 0.3) is 0 Å². The molecule has 0 amide bonds. The van der Waals surface area contributed by atoms with Gasteiger partial charge in [0.2, 0.25) is 0 Å². The monoisotopic (exact) mass is 302 g/mol. The van der Waals surface area contributed by atoms with Gasteiger partial charge in [-0.2, -0.15) is 0 Å². The van der Waals surface area contributed by atoms with Crippen molar-refractivity contribution in [2.75, 3.05) is 13.7 Å². The zero-order valence-electron chi connectivity index (χ0n) is 11.9. The average Bonchev–Trinajstić information content (AvgIpc) is 2.95. The molecule has 3 nitrogen and oxygen atoms in total. The minimum Gasteiger partial charge on any atom is -0.497 e. The van der Waals surface area contributed by atoms with E-state index >= 15 is 0 Å². The van der Waals surface area contributed by atoms with Crippen molar-refractivity contribution in [2.24, 2.45) is 0 Å². The maximum atomic E-state index is 9.43. The quantitative estimate of drug-likeness (QED) is 0.920. The van der Waals surface area contributed by atoms with Gasteiger partial charge >= 0.3 is 0 Å². The maximum absolute atomic E-state index is 9.43. The molecule has 0 spiro atoms. The second-order valence-corrected chi connectivity index (χ2v) is 6.34. The van der Waals surface area contributed by atoms with Gasteiger partial charge in [-0.15, -0.1) is 11.8 Å². The molecule has 1 atom stereocenters. The predicted molar refractivity (Wildman–Crippen MR) is 84.2 cm³/mol. The van der Waals surface area contributed by atoms with Crippen LogP contribution < -0.4 is 9.47 Å².